The lowest BCUT2D eigenvalue weighted by Crippen LogP contribution is -2.49. The van der Waals surface area contributed by atoms with Gasteiger partial charge in [-0.15, -0.1) is 0 Å². The van der Waals surface area contributed by atoms with Gasteiger partial charge in [-0.05, 0) is 18.9 Å². The average Bonchev–Trinajstić information content (AvgIpc) is 2.18. The van der Waals surface area contributed by atoms with Gasteiger partial charge in [-0.1, -0.05) is 13.5 Å². The number of nitrogens with two attached hydrogens (primary N) is 1. The van der Waals surface area contributed by atoms with Crippen molar-refractivity contribution in [3.8, 4) is 0 Å². The van der Waals surface area contributed by atoms with Crippen molar-refractivity contribution in [1.82, 2.24) is 4.90 Å². The summed E-state index contributed by atoms with van der Waals surface area (Å²) in [6, 6.07) is 0.537. The van der Waals surface area contributed by atoms with Crippen LogP contribution in [-0.4, -0.2) is 43.3 Å². The van der Waals surface area contributed by atoms with Crippen LogP contribution in [0.25, 0.3) is 0 Å². The smallest absolute Gasteiger partial charge is 0.0674 e. The van der Waals surface area contributed by atoms with Crippen molar-refractivity contribution in [3.63, 3.8) is 0 Å². The van der Waals surface area contributed by atoms with Gasteiger partial charge in [-0.2, -0.15) is 0 Å². The highest BCUT2D eigenvalue weighted by molar-refractivity contribution is 5.00. The summed E-state index contributed by atoms with van der Waals surface area (Å²) < 4.78 is 5.62. The van der Waals surface area contributed by atoms with E-state index < -0.39 is 0 Å². The minimum atomic E-state index is 0.336. The van der Waals surface area contributed by atoms with Gasteiger partial charge in [0, 0.05) is 25.7 Å². The van der Waals surface area contributed by atoms with Crippen LogP contribution in [0, 0.1) is 0 Å². The first-order valence-electron chi connectivity index (χ1n) is 5.39. The van der Waals surface area contributed by atoms with Crippen molar-refractivity contribution in [2.75, 3.05) is 26.2 Å². The molecule has 1 aliphatic rings. The maximum absolute atomic E-state index is 5.62. The fourth-order valence-corrected chi connectivity index (χ4v) is 1.83. The number of hydrogen-bond acceptors (Lipinski definition) is 3. The molecule has 2 N–H and O–H groups in total. The number of morpholine rings is 1. The molecular weight excluding hydrogens is 176 g/mol. The van der Waals surface area contributed by atoms with E-state index in [1.165, 1.54) is 0 Å². The Hall–Kier alpha value is -0.380. The summed E-state index contributed by atoms with van der Waals surface area (Å²) in [7, 11) is 0. The van der Waals surface area contributed by atoms with E-state index in [4.69, 9.17) is 10.5 Å². The Kier molecular flexibility index (Phi) is 4.58. The van der Waals surface area contributed by atoms with Gasteiger partial charge in [0.25, 0.3) is 0 Å². The van der Waals surface area contributed by atoms with Gasteiger partial charge in [0.15, 0.2) is 0 Å². The molecule has 0 bridgehead atoms. The predicted molar refractivity (Wildman–Crippen MR) is 59.3 cm³/mol. The predicted octanol–water partition coefficient (Wildman–Crippen LogP) is 1.00. The molecular formula is C11H22N2O. The normalized spacial score (nSPS) is 29.1. The molecule has 2 unspecified atom stereocenters. The van der Waals surface area contributed by atoms with E-state index in [-0.39, 0.29) is 0 Å². The molecule has 1 rings (SSSR count). The van der Waals surface area contributed by atoms with Crippen LogP contribution in [0.1, 0.15) is 20.3 Å². The zero-order chi connectivity index (χ0) is 10.6. The molecule has 0 amide bonds. The molecule has 0 aromatic heterocycles. The minimum Gasteiger partial charge on any atom is -0.376 e. The molecule has 3 heteroatoms. The van der Waals surface area contributed by atoms with Gasteiger partial charge in [0.05, 0.1) is 12.7 Å². The molecule has 0 aromatic carbocycles. The second-order valence-corrected chi connectivity index (χ2v) is 4.09. The molecule has 14 heavy (non-hydrogen) atoms. The van der Waals surface area contributed by atoms with E-state index in [0.29, 0.717) is 18.7 Å². The van der Waals surface area contributed by atoms with E-state index in [0.717, 1.165) is 31.7 Å². The number of nitrogens with zero attached hydrogens (tertiary/aromatic N) is 1. The zero-order valence-electron chi connectivity index (χ0n) is 9.33. The lowest BCUT2D eigenvalue weighted by molar-refractivity contribution is -0.0521. The average molecular weight is 198 g/mol. The SMILES string of the molecule is C=C(CN)CN1CC(C)OCC1CC. The Morgan fingerprint density at radius 3 is 2.93 bits per heavy atom. The first-order valence-corrected chi connectivity index (χ1v) is 5.39. The minimum absolute atomic E-state index is 0.336. The van der Waals surface area contributed by atoms with Crippen LogP contribution in [0.15, 0.2) is 12.2 Å². The Morgan fingerprint density at radius 1 is 1.64 bits per heavy atom. The van der Waals surface area contributed by atoms with Gasteiger partial charge in [-0.25, -0.2) is 0 Å². The topological polar surface area (TPSA) is 38.5 Å². The van der Waals surface area contributed by atoms with Crippen molar-refractivity contribution in [2.45, 2.75) is 32.4 Å². The highest BCUT2D eigenvalue weighted by atomic mass is 16.5. The molecule has 1 heterocycles. The van der Waals surface area contributed by atoms with E-state index in [2.05, 4.69) is 25.3 Å². The number of hydrogen-bond donors (Lipinski definition) is 1. The van der Waals surface area contributed by atoms with Crippen LogP contribution in [-0.2, 0) is 4.74 Å². The van der Waals surface area contributed by atoms with Gasteiger partial charge in [0.2, 0.25) is 0 Å². The molecule has 82 valence electrons. The van der Waals surface area contributed by atoms with Crippen LogP contribution < -0.4 is 5.73 Å². The lowest BCUT2D eigenvalue weighted by atomic mass is 10.1. The van der Waals surface area contributed by atoms with E-state index in [1.807, 2.05) is 0 Å². The van der Waals surface area contributed by atoms with E-state index in [9.17, 15) is 0 Å². The Balaban J connectivity index is 2.48. The monoisotopic (exact) mass is 198 g/mol. The molecule has 0 radical (unpaired) electrons. The molecule has 0 saturated carbocycles. The second-order valence-electron chi connectivity index (χ2n) is 4.09. The third kappa shape index (κ3) is 3.08. The van der Waals surface area contributed by atoms with E-state index in [1.54, 1.807) is 0 Å². The fourth-order valence-electron chi connectivity index (χ4n) is 1.83. The molecule has 1 fully saturated rings. The van der Waals surface area contributed by atoms with E-state index >= 15 is 0 Å². The third-order valence-corrected chi connectivity index (χ3v) is 2.77. The molecule has 0 spiro atoms. The molecule has 0 aromatic rings. The second kappa shape index (κ2) is 5.49. The summed E-state index contributed by atoms with van der Waals surface area (Å²) in [6.07, 6.45) is 1.47. The number of rotatable bonds is 4. The quantitative estimate of drug-likeness (QED) is 0.685. The van der Waals surface area contributed by atoms with Crippen molar-refractivity contribution < 1.29 is 4.74 Å². The van der Waals surface area contributed by atoms with Crippen LogP contribution in [0.3, 0.4) is 0 Å². The Labute approximate surface area is 86.9 Å². The largest absolute Gasteiger partial charge is 0.376 e. The Morgan fingerprint density at radius 2 is 2.36 bits per heavy atom. The maximum atomic E-state index is 5.62. The molecule has 1 saturated heterocycles. The van der Waals surface area contributed by atoms with Gasteiger partial charge in [0.1, 0.15) is 0 Å². The van der Waals surface area contributed by atoms with Crippen molar-refractivity contribution in [3.05, 3.63) is 12.2 Å². The highest BCUT2D eigenvalue weighted by Crippen LogP contribution is 2.15. The highest BCUT2D eigenvalue weighted by Gasteiger charge is 2.25. The first-order chi connectivity index (χ1) is 6.67. The summed E-state index contributed by atoms with van der Waals surface area (Å²) in [4.78, 5) is 2.43. The molecule has 1 aliphatic heterocycles. The van der Waals surface area contributed by atoms with Crippen LogP contribution in [0.2, 0.25) is 0 Å². The Bertz CT molecular complexity index is 194. The molecule has 2 atom stereocenters. The molecule has 0 aliphatic carbocycles. The number of ether oxygens (including phenoxy) is 1. The summed E-state index contributed by atoms with van der Waals surface area (Å²) in [6.45, 7) is 11.6. The summed E-state index contributed by atoms with van der Waals surface area (Å²) in [5.74, 6) is 0. The van der Waals surface area contributed by atoms with Gasteiger partial charge < -0.3 is 10.5 Å². The third-order valence-electron chi connectivity index (χ3n) is 2.77. The summed E-state index contributed by atoms with van der Waals surface area (Å²) >= 11 is 0. The van der Waals surface area contributed by atoms with Crippen LogP contribution >= 0.6 is 0 Å². The maximum Gasteiger partial charge on any atom is 0.0674 e. The van der Waals surface area contributed by atoms with Crippen molar-refractivity contribution in [1.29, 1.82) is 0 Å². The lowest BCUT2D eigenvalue weighted by Gasteiger charge is -2.38. The van der Waals surface area contributed by atoms with Crippen LogP contribution in [0.5, 0.6) is 0 Å². The standard InChI is InChI=1S/C11H22N2O/c1-4-11-8-14-10(3)7-13(11)6-9(2)5-12/h10-11H,2,4-8,12H2,1,3H3. The molecule has 3 nitrogen and oxygen atoms in total. The summed E-state index contributed by atoms with van der Waals surface area (Å²) in [5, 5.41) is 0. The van der Waals surface area contributed by atoms with Gasteiger partial charge >= 0.3 is 0 Å². The van der Waals surface area contributed by atoms with Crippen LogP contribution in [0.4, 0.5) is 0 Å². The fraction of sp³-hybridized carbons (Fsp3) is 0.818. The summed E-state index contributed by atoms with van der Waals surface area (Å²) in [5.41, 5.74) is 6.66. The van der Waals surface area contributed by atoms with Gasteiger partial charge in [-0.3, -0.25) is 4.90 Å². The van der Waals surface area contributed by atoms with Crippen molar-refractivity contribution >= 4 is 0 Å². The zero-order valence-corrected chi connectivity index (χ0v) is 9.33. The van der Waals surface area contributed by atoms with Crippen molar-refractivity contribution in [2.24, 2.45) is 5.73 Å². The first kappa shape index (κ1) is 11.7.